The van der Waals surface area contributed by atoms with Crippen molar-refractivity contribution < 1.29 is 37.0 Å². The number of hydrogen-bond acceptors (Lipinski definition) is 5. The molecule has 29 heavy (non-hydrogen) atoms. The van der Waals surface area contributed by atoms with Crippen molar-refractivity contribution in [1.82, 2.24) is 0 Å². The predicted molar refractivity (Wildman–Crippen MR) is 99.1 cm³/mol. The highest BCUT2D eigenvalue weighted by Gasteiger charge is 2.15. The summed E-state index contributed by atoms with van der Waals surface area (Å²) in [4.78, 5) is 23.4. The Morgan fingerprint density at radius 3 is 2.52 bits per heavy atom. The molecule has 0 saturated carbocycles. The molecule has 0 aromatic heterocycles. The van der Waals surface area contributed by atoms with Crippen LogP contribution in [0.15, 0.2) is 36.4 Å². The number of rotatable bonds is 8. The number of nitrogens with one attached hydrogen (secondary N) is 1. The Bertz CT molecular complexity index is 931. The molecule has 9 heteroatoms. The normalized spacial score (nSPS) is 10.7. The van der Waals surface area contributed by atoms with E-state index in [9.17, 15) is 22.8 Å². The molecule has 0 saturated heterocycles. The second-order valence-corrected chi connectivity index (χ2v) is 5.56. The maximum atomic E-state index is 13.5. The van der Waals surface area contributed by atoms with E-state index in [0.29, 0.717) is 29.7 Å². The van der Waals surface area contributed by atoms with E-state index in [4.69, 9.17) is 14.2 Å². The average Bonchev–Trinajstić information content (AvgIpc) is 2.72. The zero-order valence-corrected chi connectivity index (χ0v) is 15.6. The summed E-state index contributed by atoms with van der Waals surface area (Å²) >= 11 is 0. The van der Waals surface area contributed by atoms with Crippen molar-refractivity contribution in [3.63, 3.8) is 0 Å². The summed E-state index contributed by atoms with van der Waals surface area (Å²) in [5.74, 6) is -5.37. The van der Waals surface area contributed by atoms with Crippen LogP contribution in [0, 0.1) is 17.5 Å². The first-order valence-corrected chi connectivity index (χ1v) is 8.44. The molecule has 0 bridgehead atoms. The van der Waals surface area contributed by atoms with Gasteiger partial charge >= 0.3 is 5.97 Å². The molecular weight excluding hydrogens is 391 g/mol. The van der Waals surface area contributed by atoms with E-state index in [1.807, 2.05) is 12.2 Å². The van der Waals surface area contributed by atoms with E-state index in [1.54, 1.807) is 18.2 Å². The molecule has 0 fully saturated rings. The van der Waals surface area contributed by atoms with E-state index in [2.05, 4.69) is 0 Å². The zero-order valence-electron chi connectivity index (χ0n) is 15.6. The predicted octanol–water partition coefficient (Wildman–Crippen LogP) is 3.71. The summed E-state index contributed by atoms with van der Waals surface area (Å²) in [6, 6.07) is 6.53. The van der Waals surface area contributed by atoms with Crippen molar-refractivity contribution >= 4 is 23.6 Å². The Kier molecular flexibility index (Phi) is 7.64. The number of carbonyl (C=O) groups is 2. The second-order valence-electron chi connectivity index (χ2n) is 5.56. The van der Waals surface area contributed by atoms with Gasteiger partial charge in [-0.2, -0.15) is 0 Å². The van der Waals surface area contributed by atoms with E-state index in [1.165, 1.54) is 13.2 Å². The van der Waals surface area contributed by atoms with Crippen LogP contribution < -0.4 is 14.8 Å². The minimum Gasteiger partial charge on any atom is -0.493 e. The highest BCUT2D eigenvalue weighted by molar-refractivity contribution is 5.94. The number of hydrogen-bond donors (Lipinski definition) is 1. The van der Waals surface area contributed by atoms with Crippen LogP contribution in [0.3, 0.4) is 0 Å². The van der Waals surface area contributed by atoms with Crippen molar-refractivity contribution in [1.29, 1.82) is 0 Å². The fraction of sp³-hybridized carbons (Fsp3) is 0.200. The van der Waals surface area contributed by atoms with Gasteiger partial charge in [0.05, 0.1) is 19.4 Å². The molecule has 154 valence electrons. The maximum Gasteiger partial charge on any atom is 0.331 e. The number of esters is 1. The summed E-state index contributed by atoms with van der Waals surface area (Å²) in [6.45, 7) is 1.56. The average molecular weight is 409 g/mol. The molecular formula is C20H18F3NO5. The number of benzene rings is 2. The fourth-order valence-corrected chi connectivity index (χ4v) is 2.22. The van der Waals surface area contributed by atoms with Crippen LogP contribution >= 0.6 is 0 Å². The molecule has 0 aliphatic heterocycles. The van der Waals surface area contributed by atoms with Crippen molar-refractivity contribution in [2.45, 2.75) is 6.92 Å². The van der Waals surface area contributed by atoms with E-state index in [-0.39, 0.29) is 0 Å². The third kappa shape index (κ3) is 6.00. The molecule has 0 atom stereocenters. The van der Waals surface area contributed by atoms with Gasteiger partial charge < -0.3 is 19.5 Å². The Labute approximate surface area is 164 Å². The van der Waals surface area contributed by atoms with Gasteiger partial charge in [-0.1, -0.05) is 6.07 Å². The molecule has 1 N–H and O–H groups in total. The molecule has 0 heterocycles. The minimum atomic E-state index is -1.71. The molecule has 2 rings (SSSR count). The smallest absolute Gasteiger partial charge is 0.331 e. The third-order valence-electron chi connectivity index (χ3n) is 3.55. The summed E-state index contributed by atoms with van der Waals surface area (Å²) in [6.07, 6.45) is 2.52. The first kappa shape index (κ1) is 21.8. The Hall–Kier alpha value is -3.49. The Balaban J connectivity index is 1.91. The van der Waals surface area contributed by atoms with Crippen molar-refractivity contribution in [3.8, 4) is 11.5 Å². The van der Waals surface area contributed by atoms with Gasteiger partial charge in [-0.3, -0.25) is 4.79 Å². The van der Waals surface area contributed by atoms with Gasteiger partial charge in [0.25, 0.3) is 5.91 Å². The van der Waals surface area contributed by atoms with E-state index >= 15 is 0 Å². The molecule has 0 spiro atoms. The third-order valence-corrected chi connectivity index (χ3v) is 3.55. The molecule has 2 aromatic carbocycles. The van der Waals surface area contributed by atoms with Gasteiger partial charge in [-0.15, -0.1) is 0 Å². The molecule has 6 nitrogen and oxygen atoms in total. The van der Waals surface area contributed by atoms with Gasteiger partial charge in [-0.25, -0.2) is 18.0 Å². The van der Waals surface area contributed by atoms with Crippen molar-refractivity contribution in [2.24, 2.45) is 0 Å². The summed E-state index contributed by atoms with van der Waals surface area (Å²) in [7, 11) is 1.48. The second kappa shape index (κ2) is 10.2. The van der Waals surface area contributed by atoms with Crippen molar-refractivity contribution in [3.05, 3.63) is 59.4 Å². The van der Waals surface area contributed by atoms with Gasteiger partial charge in [0, 0.05) is 6.08 Å². The van der Waals surface area contributed by atoms with Crippen LogP contribution in [-0.4, -0.2) is 32.2 Å². The number of amides is 1. The van der Waals surface area contributed by atoms with Crippen LogP contribution in [0.5, 0.6) is 11.5 Å². The van der Waals surface area contributed by atoms with Crippen LogP contribution in [-0.2, 0) is 14.3 Å². The van der Waals surface area contributed by atoms with Crippen LogP contribution in [0.1, 0.15) is 12.5 Å². The van der Waals surface area contributed by atoms with Crippen LogP contribution in [0.25, 0.3) is 6.08 Å². The molecule has 0 aliphatic carbocycles. The topological polar surface area (TPSA) is 73.9 Å². The number of methoxy groups -OCH3 is 1. The van der Waals surface area contributed by atoms with Gasteiger partial charge in [0.1, 0.15) is 0 Å². The number of ether oxygens (including phenoxy) is 3. The van der Waals surface area contributed by atoms with Gasteiger partial charge in [-0.05, 0) is 42.8 Å². The summed E-state index contributed by atoms with van der Waals surface area (Å²) < 4.78 is 54.8. The molecule has 1 amide bonds. The Morgan fingerprint density at radius 2 is 1.83 bits per heavy atom. The van der Waals surface area contributed by atoms with E-state index in [0.717, 1.165) is 12.1 Å². The molecule has 0 unspecified atom stereocenters. The fourth-order valence-electron chi connectivity index (χ4n) is 2.22. The maximum absolute atomic E-state index is 13.5. The highest BCUT2D eigenvalue weighted by atomic mass is 19.2. The monoisotopic (exact) mass is 409 g/mol. The van der Waals surface area contributed by atoms with Gasteiger partial charge in [0.2, 0.25) is 0 Å². The summed E-state index contributed by atoms with van der Waals surface area (Å²) in [5, 5.41) is 1.99. The lowest BCUT2D eigenvalue weighted by molar-refractivity contribution is -0.142. The van der Waals surface area contributed by atoms with E-state index < -0.39 is 41.6 Å². The van der Waals surface area contributed by atoms with Crippen molar-refractivity contribution in [2.75, 3.05) is 25.6 Å². The highest BCUT2D eigenvalue weighted by Crippen LogP contribution is 2.28. The number of anilines is 1. The molecule has 2 aromatic rings. The quantitative estimate of drug-likeness (QED) is 0.409. The standard InChI is InChI=1S/C20H18F3NO5/c1-3-28-15-8-4-12(10-16(15)27-2)5-9-18(26)29-11-17(25)24-14-7-6-13(21)19(22)20(14)23/h4-10H,3,11H2,1-2H3,(H,24,25)/b9-5+. The Morgan fingerprint density at radius 1 is 1.07 bits per heavy atom. The number of carbonyl (C=O) groups excluding carboxylic acids is 2. The van der Waals surface area contributed by atoms with Crippen LogP contribution in [0.4, 0.5) is 18.9 Å². The molecule has 0 aliphatic rings. The first-order chi connectivity index (χ1) is 13.8. The SMILES string of the molecule is CCOc1ccc(/C=C/C(=O)OCC(=O)Nc2ccc(F)c(F)c2F)cc1OC. The largest absolute Gasteiger partial charge is 0.493 e. The van der Waals surface area contributed by atoms with Gasteiger partial charge in [0.15, 0.2) is 35.6 Å². The first-order valence-electron chi connectivity index (χ1n) is 8.44. The lowest BCUT2D eigenvalue weighted by Gasteiger charge is -2.09. The zero-order chi connectivity index (χ0) is 21.4. The lowest BCUT2D eigenvalue weighted by Crippen LogP contribution is -2.21. The van der Waals surface area contributed by atoms with Crippen LogP contribution in [0.2, 0.25) is 0 Å². The lowest BCUT2D eigenvalue weighted by atomic mass is 10.2. The molecule has 0 radical (unpaired) electrons. The summed E-state index contributed by atoms with van der Waals surface area (Å²) in [5.41, 5.74) is 0.0533. The minimum absolute atomic E-state index is 0.467. The number of halogens is 3.